The van der Waals surface area contributed by atoms with E-state index in [0.717, 1.165) is 41.3 Å². The molecule has 1 aliphatic rings. The van der Waals surface area contributed by atoms with E-state index in [2.05, 4.69) is 46.5 Å². The summed E-state index contributed by atoms with van der Waals surface area (Å²) in [5.74, 6) is 1.60. The number of hydrogen-bond acceptors (Lipinski definition) is 4. The van der Waals surface area contributed by atoms with E-state index in [1.54, 1.807) is 7.11 Å². The second-order valence-corrected chi connectivity index (χ2v) is 7.24. The van der Waals surface area contributed by atoms with Crippen molar-refractivity contribution in [2.24, 2.45) is 5.92 Å². The zero-order chi connectivity index (χ0) is 17.8. The minimum atomic E-state index is 0.784. The summed E-state index contributed by atoms with van der Waals surface area (Å²) in [7, 11) is 1.67. The minimum Gasteiger partial charge on any atom is -0.497 e. The van der Waals surface area contributed by atoms with E-state index < -0.39 is 0 Å². The van der Waals surface area contributed by atoms with Crippen LogP contribution in [0.4, 0.5) is 0 Å². The van der Waals surface area contributed by atoms with Gasteiger partial charge in [0.05, 0.1) is 12.8 Å². The maximum Gasteiger partial charge on any atom is 0.170 e. The van der Waals surface area contributed by atoms with Crippen molar-refractivity contribution in [2.45, 2.75) is 32.2 Å². The summed E-state index contributed by atoms with van der Waals surface area (Å²) in [5.41, 5.74) is 3.31. The third-order valence-electron chi connectivity index (χ3n) is 5.50. The standard InChI is InChI=1S/C22H26N2O2/c1-25-19-8-9-20-21(23-26-22(20)15-19)10-7-17-11-13-24(14-12-17)16-18-5-3-2-4-6-18/h2-6,8-9,15,17H,7,10-14,16H2,1H3/i1-1. The molecule has 3 aromatic rings. The van der Waals surface area contributed by atoms with Gasteiger partial charge in [0.25, 0.3) is 0 Å². The Kier molecular flexibility index (Phi) is 5.21. The molecule has 4 nitrogen and oxygen atoms in total. The maximum atomic E-state index is 5.48. The van der Waals surface area contributed by atoms with Gasteiger partial charge in [0.2, 0.25) is 0 Å². The number of methoxy groups -OCH3 is 1. The van der Waals surface area contributed by atoms with E-state index in [1.807, 2.05) is 12.1 Å². The lowest BCUT2D eigenvalue weighted by Gasteiger charge is -2.31. The van der Waals surface area contributed by atoms with E-state index in [1.165, 1.54) is 37.9 Å². The van der Waals surface area contributed by atoms with Crippen molar-refractivity contribution in [1.82, 2.24) is 10.1 Å². The van der Waals surface area contributed by atoms with Crippen LogP contribution in [0.2, 0.25) is 0 Å². The molecule has 1 aromatic heterocycles. The number of aryl methyl sites for hydroxylation is 1. The Morgan fingerprint density at radius 1 is 1.12 bits per heavy atom. The first-order valence-corrected chi connectivity index (χ1v) is 9.50. The molecule has 1 fully saturated rings. The van der Waals surface area contributed by atoms with Crippen LogP contribution in [0.3, 0.4) is 0 Å². The molecule has 1 aliphatic heterocycles. The maximum absolute atomic E-state index is 5.48. The Labute approximate surface area is 154 Å². The minimum absolute atomic E-state index is 0.784. The van der Waals surface area contributed by atoms with E-state index in [9.17, 15) is 0 Å². The van der Waals surface area contributed by atoms with Gasteiger partial charge in [0.15, 0.2) is 5.58 Å². The fourth-order valence-corrected chi connectivity index (χ4v) is 3.89. The Bertz CT molecular complexity index is 836. The highest BCUT2D eigenvalue weighted by Crippen LogP contribution is 2.27. The molecule has 4 rings (SSSR count). The Hall–Kier alpha value is -2.33. The van der Waals surface area contributed by atoms with E-state index >= 15 is 0 Å². The number of piperidine rings is 1. The largest absolute Gasteiger partial charge is 0.497 e. The van der Waals surface area contributed by atoms with Crippen LogP contribution >= 0.6 is 0 Å². The van der Waals surface area contributed by atoms with E-state index in [0.29, 0.717) is 0 Å². The number of aromatic nitrogens is 1. The second kappa shape index (κ2) is 7.92. The summed E-state index contributed by atoms with van der Waals surface area (Å²) in [5, 5.41) is 5.40. The van der Waals surface area contributed by atoms with E-state index in [-0.39, 0.29) is 0 Å². The van der Waals surface area contributed by atoms with Gasteiger partial charge in [-0.2, -0.15) is 0 Å². The first kappa shape index (κ1) is 17.1. The molecule has 26 heavy (non-hydrogen) atoms. The quantitative estimate of drug-likeness (QED) is 0.647. The summed E-state index contributed by atoms with van der Waals surface area (Å²) in [6, 6.07) is 16.7. The topological polar surface area (TPSA) is 38.5 Å². The fourth-order valence-electron chi connectivity index (χ4n) is 3.89. The van der Waals surface area contributed by atoms with Gasteiger partial charge in [0.1, 0.15) is 5.75 Å². The van der Waals surface area contributed by atoms with Crippen LogP contribution in [0.15, 0.2) is 53.1 Å². The van der Waals surface area contributed by atoms with Crippen LogP contribution in [-0.2, 0) is 13.0 Å². The zero-order valence-corrected chi connectivity index (χ0v) is 15.4. The van der Waals surface area contributed by atoms with Gasteiger partial charge in [-0.15, -0.1) is 0 Å². The van der Waals surface area contributed by atoms with Crippen molar-refractivity contribution in [3.05, 3.63) is 59.8 Å². The van der Waals surface area contributed by atoms with Gasteiger partial charge in [0, 0.05) is 18.0 Å². The lowest BCUT2D eigenvalue weighted by Crippen LogP contribution is -2.33. The third-order valence-corrected chi connectivity index (χ3v) is 5.50. The lowest BCUT2D eigenvalue weighted by molar-refractivity contribution is 0.172. The molecule has 0 radical (unpaired) electrons. The van der Waals surface area contributed by atoms with Gasteiger partial charge in [-0.05, 0) is 62.4 Å². The molecule has 0 aliphatic carbocycles. The summed E-state index contributed by atoms with van der Waals surface area (Å²) in [6.07, 6.45) is 4.72. The van der Waals surface area contributed by atoms with Crippen LogP contribution in [0, 0.1) is 5.92 Å². The summed E-state index contributed by atoms with van der Waals surface area (Å²) >= 11 is 0. The van der Waals surface area contributed by atoms with Gasteiger partial charge >= 0.3 is 0 Å². The highest BCUT2D eigenvalue weighted by molar-refractivity contribution is 5.80. The number of hydrogen-bond donors (Lipinski definition) is 0. The van der Waals surface area contributed by atoms with Gasteiger partial charge < -0.3 is 9.26 Å². The molecule has 0 amide bonds. The number of rotatable bonds is 6. The summed E-state index contributed by atoms with van der Waals surface area (Å²) < 4.78 is 10.7. The van der Waals surface area contributed by atoms with E-state index in [4.69, 9.17) is 9.26 Å². The number of nitrogens with zero attached hydrogens (tertiary/aromatic N) is 2. The van der Waals surface area contributed by atoms with Crippen LogP contribution in [0.5, 0.6) is 5.75 Å². The molecule has 0 N–H and O–H groups in total. The SMILES string of the molecule is [11CH3]Oc1ccc2c(CCC3CCN(Cc4ccccc4)CC3)noc2c1. The van der Waals surface area contributed by atoms with Crippen molar-refractivity contribution < 1.29 is 9.26 Å². The molecule has 0 spiro atoms. The van der Waals surface area contributed by atoms with Crippen molar-refractivity contribution in [3.8, 4) is 5.75 Å². The lowest BCUT2D eigenvalue weighted by atomic mass is 9.91. The van der Waals surface area contributed by atoms with Crippen LogP contribution in [0.25, 0.3) is 11.0 Å². The second-order valence-electron chi connectivity index (χ2n) is 7.24. The van der Waals surface area contributed by atoms with Crippen molar-refractivity contribution in [2.75, 3.05) is 20.2 Å². The first-order valence-electron chi connectivity index (χ1n) is 9.50. The zero-order valence-electron chi connectivity index (χ0n) is 15.4. The number of benzene rings is 2. The van der Waals surface area contributed by atoms with Crippen molar-refractivity contribution in [3.63, 3.8) is 0 Å². The predicted molar refractivity (Wildman–Crippen MR) is 103 cm³/mol. The van der Waals surface area contributed by atoms with Crippen LogP contribution in [0.1, 0.15) is 30.5 Å². The van der Waals surface area contributed by atoms with Crippen molar-refractivity contribution in [1.29, 1.82) is 0 Å². The van der Waals surface area contributed by atoms with Crippen LogP contribution in [-0.4, -0.2) is 30.3 Å². The summed E-state index contributed by atoms with van der Waals surface area (Å²) in [6.45, 7) is 3.45. The molecule has 2 aromatic carbocycles. The van der Waals surface area contributed by atoms with Crippen molar-refractivity contribution >= 4 is 11.0 Å². The van der Waals surface area contributed by atoms with Gasteiger partial charge in [-0.1, -0.05) is 35.5 Å². The highest BCUT2D eigenvalue weighted by Gasteiger charge is 2.20. The van der Waals surface area contributed by atoms with Gasteiger partial charge in [-0.25, -0.2) is 0 Å². The molecule has 0 saturated carbocycles. The molecule has 0 bridgehead atoms. The molecule has 4 heteroatoms. The molecule has 2 heterocycles. The monoisotopic (exact) mass is 349 g/mol. The molecular weight excluding hydrogens is 323 g/mol. The van der Waals surface area contributed by atoms with Gasteiger partial charge in [-0.3, -0.25) is 4.90 Å². The molecular formula is C22H26N2O2. The Morgan fingerprint density at radius 3 is 2.69 bits per heavy atom. The molecule has 136 valence electrons. The predicted octanol–water partition coefficient (Wildman–Crippen LogP) is 4.68. The number of fused-ring (bicyclic) bond motifs is 1. The number of likely N-dealkylation sites (tertiary alicyclic amines) is 1. The number of ether oxygens (including phenoxy) is 1. The average Bonchev–Trinajstić information content (AvgIpc) is 3.10. The highest BCUT2D eigenvalue weighted by atomic mass is 16.5. The first-order chi connectivity index (χ1) is 12.8. The normalized spacial score (nSPS) is 16.2. The Balaban J connectivity index is 1.28. The Morgan fingerprint density at radius 2 is 1.92 bits per heavy atom. The smallest absolute Gasteiger partial charge is 0.170 e. The fraction of sp³-hybridized carbons (Fsp3) is 0.409. The molecule has 0 unspecified atom stereocenters. The summed E-state index contributed by atoms with van der Waals surface area (Å²) in [4.78, 5) is 2.57. The average molecular weight is 349 g/mol. The molecule has 0 atom stereocenters. The molecule has 1 saturated heterocycles. The third kappa shape index (κ3) is 3.91. The van der Waals surface area contributed by atoms with Crippen LogP contribution < -0.4 is 4.74 Å².